The number of rotatable bonds is 5. The zero-order chi connectivity index (χ0) is 12.1. The molecule has 1 aliphatic rings. The Morgan fingerprint density at radius 1 is 1.62 bits per heavy atom. The zero-order valence-corrected chi connectivity index (χ0v) is 9.98. The normalized spacial score (nSPS) is 21.6. The number of carbonyl (C=O) groups excluding carboxylic acids is 1. The lowest BCUT2D eigenvalue weighted by Crippen LogP contribution is -2.45. The summed E-state index contributed by atoms with van der Waals surface area (Å²) in [7, 11) is 1.99. The molecule has 5 heteroatoms. The molecule has 1 N–H and O–H groups in total. The van der Waals surface area contributed by atoms with E-state index in [0.717, 1.165) is 13.1 Å². The van der Waals surface area contributed by atoms with E-state index in [1.165, 1.54) is 0 Å². The summed E-state index contributed by atoms with van der Waals surface area (Å²) < 4.78 is 0. The maximum absolute atomic E-state index is 11.6. The third-order valence-electron chi connectivity index (χ3n) is 3.14. The number of piperidine rings is 1. The minimum absolute atomic E-state index is 0.0852. The van der Waals surface area contributed by atoms with Gasteiger partial charge in [-0.3, -0.25) is 9.59 Å². The molecule has 1 heterocycles. The maximum Gasteiger partial charge on any atom is 0.308 e. The van der Waals surface area contributed by atoms with Crippen molar-refractivity contribution in [2.24, 2.45) is 5.92 Å². The molecule has 0 aromatic heterocycles. The SMILES string of the molecule is CCN(C)CCN1CC(C(=O)O)CCC1=O. The van der Waals surface area contributed by atoms with Crippen molar-refractivity contribution < 1.29 is 14.7 Å². The molecule has 92 valence electrons. The Morgan fingerprint density at radius 3 is 2.88 bits per heavy atom. The molecule has 1 unspecified atom stereocenters. The predicted octanol–water partition coefficient (Wildman–Crippen LogP) is 0.261. The van der Waals surface area contributed by atoms with Gasteiger partial charge in [-0.2, -0.15) is 0 Å². The summed E-state index contributed by atoms with van der Waals surface area (Å²) in [4.78, 5) is 26.2. The third-order valence-corrected chi connectivity index (χ3v) is 3.14. The second-order valence-electron chi connectivity index (χ2n) is 4.31. The number of carboxylic acids is 1. The highest BCUT2D eigenvalue weighted by atomic mass is 16.4. The average molecular weight is 228 g/mol. The monoisotopic (exact) mass is 228 g/mol. The van der Waals surface area contributed by atoms with Crippen molar-refractivity contribution in [3.63, 3.8) is 0 Å². The zero-order valence-electron chi connectivity index (χ0n) is 9.98. The minimum Gasteiger partial charge on any atom is -0.481 e. The van der Waals surface area contributed by atoms with Gasteiger partial charge < -0.3 is 14.9 Å². The van der Waals surface area contributed by atoms with Gasteiger partial charge >= 0.3 is 5.97 Å². The molecular weight excluding hydrogens is 208 g/mol. The molecule has 1 saturated heterocycles. The molecule has 1 amide bonds. The van der Waals surface area contributed by atoms with Crippen molar-refractivity contribution in [1.82, 2.24) is 9.80 Å². The van der Waals surface area contributed by atoms with Crippen LogP contribution in [0.1, 0.15) is 19.8 Å². The molecule has 0 aliphatic carbocycles. The Bertz CT molecular complexity index is 268. The van der Waals surface area contributed by atoms with Crippen LogP contribution < -0.4 is 0 Å². The first-order valence-electron chi connectivity index (χ1n) is 5.73. The lowest BCUT2D eigenvalue weighted by Gasteiger charge is -2.31. The number of likely N-dealkylation sites (tertiary alicyclic amines) is 1. The Balaban J connectivity index is 2.43. The number of likely N-dealkylation sites (N-methyl/N-ethyl adjacent to an activating group) is 1. The molecule has 0 radical (unpaired) electrons. The van der Waals surface area contributed by atoms with Crippen molar-refractivity contribution in [3.8, 4) is 0 Å². The molecule has 0 spiro atoms. The second kappa shape index (κ2) is 5.84. The fourth-order valence-corrected chi connectivity index (χ4v) is 1.78. The van der Waals surface area contributed by atoms with Gasteiger partial charge in [-0.1, -0.05) is 6.92 Å². The van der Waals surface area contributed by atoms with E-state index < -0.39 is 5.97 Å². The van der Waals surface area contributed by atoms with Gasteiger partial charge in [0.25, 0.3) is 0 Å². The smallest absolute Gasteiger partial charge is 0.308 e. The number of aliphatic carboxylic acids is 1. The van der Waals surface area contributed by atoms with Crippen LogP contribution in [0.3, 0.4) is 0 Å². The molecule has 1 fully saturated rings. The van der Waals surface area contributed by atoms with Crippen molar-refractivity contribution >= 4 is 11.9 Å². The van der Waals surface area contributed by atoms with Gasteiger partial charge in [0, 0.05) is 26.1 Å². The van der Waals surface area contributed by atoms with Gasteiger partial charge in [-0.15, -0.1) is 0 Å². The van der Waals surface area contributed by atoms with Crippen LogP contribution in [0.4, 0.5) is 0 Å². The Morgan fingerprint density at radius 2 is 2.31 bits per heavy atom. The van der Waals surface area contributed by atoms with Crippen LogP contribution in [0.25, 0.3) is 0 Å². The van der Waals surface area contributed by atoms with Crippen molar-refractivity contribution in [2.45, 2.75) is 19.8 Å². The minimum atomic E-state index is -0.790. The highest BCUT2D eigenvalue weighted by molar-refractivity contribution is 5.80. The molecule has 0 aromatic rings. The molecule has 5 nitrogen and oxygen atoms in total. The van der Waals surface area contributed by atoms with E-state index in [-0.39, 0.29) is 11.8 Å². The van der Waals surface area contributed by atoms with Crippen LogP contribution >= 0.6 is 0 Å². The van der Waals surface area contributed by atoms with Crippen molar-refractivity contribution in [2.75, 3.05) is 33.2 Å². The summed E-state index contributed by atoms with van der Waals surface area (Å²) >= 11 is 0. The second-order valence-corrected chi connectivity index (χ2v) is 4.31. The summed E-state index contributed by atoms with van der Waals surface area (Å²) in [5.41, 5.74) is 0. The fraction of sp³-hybridized carbons (Fsp3) is 0.818. The first kappa shape index (κ1) is 13.0. The van der Waals surface area contributed by atoms with Gasteiger partial charge in [0.2, 0.25) is 5.91 Å². The highest BCUT2D eigenvalue weighted by Crippen LogP contribution is 2.17. The molecular formula is C11H20N2O3. The third kappa shape index (κ3) is 3.48. The van der Waals surface area contributed by atoms with Crippen LogP contribution in [-0.4, -0.2) is 60.0 Å². The number of hydrogen-bond donors (Lipinski definition) is 1. The predicted molar refractivity (Wildman–Crippen MR) is 60.1 cm³/mol. The van der Waals surface area contributed by atoms with E-state index in [0.29, 0.717) is 25.9 Å². The summed E-state index contributed by atoms with van der Waals surface area (Å²) in [6, 6.07) is 0. The van der Waals surface area contributed by atoms with Crippen molar-refractivity contribution in [1.29, 1.82) is 0 Å². The average Bonchev–Trinajstić information content (AvgIpc) is 2.27. The molecule has 0 saturated carbocycles. The summed E-state index contributed by atoms with van der Waals surface area (Å²) in [6.07, 6.45) is 0.848. The molecule has 0 aromatic carbocycles. The molecule has 1 atom stereocenters. The van der Waals surface area contributed by atoms with Gasteiger partial charge in [-0.25, -0.2) is 0 Å². The van der Waals surface area contributed by atoms with E-state index in [4.69, 9.17) is 5.11 Å². The number of amides is 1. The Hall–Kier alpha value is -1.10. The summed E-state index contributed by atoms with van der Waals surface area (Å²) in [5.74, 6) is -1.09. The first-order chi connectivity index (χ1) is 7.54. The van der Waals surface area contributed by atoms with E-state index in [2.05, 4.69) is 11.8 Å². The van der Waals surface area contributed by atoms with Crippen molar-refractivity contribution in [3.05, 3.63) is 0 Å². The number of carboxylic acid groups (broad SMARTS) is 1. The largest absolute Gasteiger partial charge is 0.481 e. The fourth-order valence-electron chi connectivity index (χ4n) is 1.78. The van der Waals surface area contributed by atoms with E-state index in [1.54, 1.807) is 4.90 Å². The van der Waals surface area contributed by atoms with E-state index in [1.807, 2.05) is 7.05 Å². The van der Waals surface area contributed by atoms with Crippen LogP contribution in [0, 0.1) is 5.92 Å². The summed E-state index contributed by atoms with van der Waals surface area (Å²) in [6.45, 7) is 4.79. The molecule has 1 aliphatic heterocycles. The molecule has 1 rings (SSSR count). The van der Waals surface area contributed by atoms with E-state index in [9.17, 15) is 9.59 Å². The van der Waals surface area contributed by atoms with Gasteiger partial charge in [0.05, 0.1) is 5.92 Å². The summed E-state index contributed by atoms with van der Waals surface area (Å²) in [5, 5.41) is 8.92. The Labute approximate surface area is 96.0 Å². The van der Waals surface area contributed by atoms with E-state index >= 15 is 0 Å². The number of carbonyl (C=O) groups is 2. The maximum atomic E-state index is 11.6. The quantitative estimate of drug-likeness (QED) is 0.733. The van der Waals surface area contributed by atoms with Crippen LogP contribution in [-0.2, 0) is 9.59 Å². The Kier molecular flexibility index (Phi) is 4.73. The van der Waals surface area contributed by atoms with Crippen LogP contribution in [0.15, 0.2) is 0 Å². The highest BCUT2D eigenvalue weighted by Gasteiger charge is 2.29. The first-order valence-corrected chi connectivity index (χ1v) is 5.73. The molecule has 16 heavy (non-hydrogen) atoms. The topological polar surface area (TPSA) is 60.9 Å². The van der Waals surface area contributed by atoms with Gasteiger partial charge in [0.1, 0.15) is 0 Å². The van der Waals surface area contributed by atoms with Gasteiger partial charge in [0.15, 0.2) is 0 Å². The number of nitrogens with zero attached hydrogens (tertiary/aromatic N) is 2. The molecule has 0 bridgehead atoms. The lowest BCUT2D eigenvalue weighted by molar-refractivity contribution is -0.147. The van der Waals surface area contributed by atoms with Gasteiger partial charge in [-0.05, 0) is 20.0 Å². The van der Waals surface area contributed by atoms with Crippen LogP contribution in [0.2, 0.25) is 0 Å². The van der Waals surface area contributed by atoms with Crippen LogP contribution in [0.5, 0.6) is 0 Å². The lowest BCUT2D eigenvalue weighted by atomic mass is 9.98. The standard InChI is InChI=1S/C11H20N2O3/c1-3-12(2)6-7-13-8-9(11(15)16)4-5-10(13)14/h9H,3-8H2,1-2H3,(H,15,16). The number of hydrogen-bond acceptors (Lipinski definition) is 3.